The van der Waals surface area contributed by atoms with E-state index in [-0.39, 0.29) is 12.0 Å². The fraction of sp³-hybridized carbons (Fsp3) is 0.364. The second-order valence-electron chi connectivity index (χ2n) is 3.90. The van der Waals surface area contributed by atoms with Crippen LogP contribution in [0, 0.1) is 5.92 Å². The predicted molar refractivity (Wildman–Crippen MR) is 65.6 cm³/mol. The van der Waals surface area contributed by atoms with Crippen molar-refractivity contribution in [2.75, 3.05) is 6.54 Å². The van der Waals surface area contributed by atoms with E-state index in [0.717, 1.165) is 10.0 Å². The maximum atomic E-state index is 10.8. The van der Waals surface area contributed by atoms with Crippen LogP contribution in [0.2, 0.25) is 5.02 Å². The van der Waals surface area contributed by atoms with Crippen LogP contribution in [-0.2, 0) is 4.79 Å². The number of benzene rings is 1. The van der Waals surface area contributed by atoms with E-state index in [1.807, 2.05) is 18.2 Å². The summed E-state index contributed by atoms with van der Waals surface area (Å²) in [6.07, 6.45) is 0.594. The quantitative estimate of drug-likeness (QED) is 0.883. The molecule has 1 aliphatic heterocycles. The van der Waals surface area contributed by atoms with Crippen LogP contribution in [-0.4, -0.2) is 17.6 Å². The number of halogens is 2. The highest BCUT2D eigenvalue weighted by atomic mass is 79.9. The van der Waals surface area contributed by atoms with Crippen molar-refractivity contribution in [2.45, 2.75) is 12.5 Å². The molecule has 3 nitrogen and oxygen atoms in total. The molecule has 0 bridgehead atoms. The predicted octanol–water partition coefficient (Wildman–Crippen LogP) is 2.84. The number of nitrogens with one attached hydrogen (secondary N) is 1. The van der Waals surface area contributed by atoms with Crippen molar-refractivity contribution in [3.63, 3.8) is 0 Å². The first kappa shape index (κ1) is 11.9. The Bertz CT molecular complexity index is 424. The molecule has 2 rings (SSSR count). The molecule has 5 heteroatoms. The van der Waals surface area contributed by atoms with Crippen LogP contribution in [0.15, 0.2) is 22.7 Å². The molecule has 0 aliphatic carbocycles. The van der Waals surface area contributed by atoms with E-state index in [2.05, 4.69) is 21.2 Å². The smallest absolute Gasteiger partial charge is 0.307 e. The van der Waals surface area contributed by atoms with E-state index in [0.29, 0.717) is 18.0 Å². The summed E-state index contributed by atoms with van der Waals surface area (Å²) in [6, 6.07) is 5.71. The maximum Gasteiger partial charge on any atom is 0.307 e. The third kappa shape index (κ3) is 2.39. The largest absolute Gasteiger partial charge is 0.481 e. The van der Waals surface area contributed by atoms with E-state index in [1.54, 1.807) is 0 Å². The van der Waals surface area contributed by atoms with Crippen LogP contribution < -0.4 is 5.32 Å². The van der Waals surface area contributed by atoms with Gasteiger partial charge in [0.25, 0.3) is 0 Å². The van der Waals surface area contributed by atoms with Crippen LogP contribution >= 0.6 is 27.5 Å². The van der Waals surface area contributed by atoms with Crippen LogP contribution in [0.5, 0.6) is 0 Å². The van der Waals surface area contributed by atoms with Gasteiger partial charge < -0.3 is 10.4 Å². The summed E-state index contributed by atoms with van der Waals surface area (Å²) in [5.41, 5.74) is 0.966. The number of carboxylic acids is 1. The molecule has 1 aromatic rings. The van der Waals surface area contributed by atoms with Gasteiger partial charge in [-0.3, -0.25) is 4.79 Å². The van der Waals surface area contributed by atoms with Gasteiger partial charge >= 0.3 is 5.97 Å². The van der Waals surface area contributed by atoms with Crippen LogP contribution in [0.1, 0.15) is 18.0 Å². The van der Waals surface area contributed by atoms with Crippen molar-refractivity contribution in [3.8, 4) is 0 Å². The molecule has 1 aliphatic rings. The van der Waals surface area contributed by atoms with Crippen LogP contribution in [0.25, 0.3) is 0 Å². The Labute approximate surface area is 107 Å². The molecule has 1 saturated heterocycles. The Morgan fingerprint density at radius 2 is 2.31 bits per heavy atom. The third-order valence-electron chi connectivity index (χ3n) is 2.82. The van der Waals surface area contributed by atoms with Gasteiger partial charge in [-0.15, -0.1) is 0 Å². The lowest BCUT2D eigenvalue weighted by atomic mass is 10.0. The minimum absolute atomic E-state index is 0.0432. The molecule has 0 radical (unpaired) electrons. The Morgan fingerprint density at radius 3 is 2.88 bits per heavy atom. The maximum absolute atomic E-state index is 10.8. The van der Waals surface area contributed by atoms with Gasteiger partial charge in [0.05, 0.1) is 5.92 Å². The Morgan fingerprint density at radius 1 is 1.56 bits per heavy atom. The second-order valence-corrected chi connectivity index (χ2v) is 5.22. The molecule has 2 atom stereocenters. The van der Waals surface area contributed by atoms with E-state index in [4.69, 9.17) is 16.7 Å². The monoisotopic (exact) mass is 303 g/mol. The van der Waals surface area contributed by atoms with Gasteiger partial charge in [-0.25, -0.2) is 0 Å². The van der Waals surface area contributed by atoms with Crippen molar-refractivity contribution in [1.29, 1.82) is 0 Å². The molecule has 16 heavy (non-hydrogen) atoms. The van der Waals surface area contributed by atoms with Gasteiger partial charge in [0, 0.05) is 22.1 Å². The summed E-state index contributed by atoms with van der Waals surface area (Å²) >= 11 is 9.46. The molecule has 0 spiro atoms. The molecule has 86 valence electrons. The van der Waals surface area contributed by atoms with Crippen molar-refractivity contribution < 1.29 is 9.90 Å². The second kappa shape index (κ2) is 4.73. The highest BCUT2D eigenvalue weighted by Crippen LogP contribution is 2.33. The fourth-order valence-corrected chi connectivity index (χ4v) is 2.75. The van der Waals surface area contributed by atoms with Crippen molar-refractivity contribution in [1.82, 2.24) is 5.32 Å². The lowest BCUT2D eigenvalue weighted by Crippen LogP contribution is -2.17. The van der Waals surface area contributed by atoms with Gasteiger partial charge in [-0.2, -0.15) is 0 Å². The number of carboxylic acid groups (broad SMARTS) is 1. The standard InChI is InChI=1S/C11H11BrClNO2/c12-7-1-2-8(9(13)4-7)10-3-6(5-14-10)11(15)16/h1-2,4,6,10,14H,3,5H2,(H,15,16). The summed E-state index contributed by atoms with van der Waals surface area (Å²) in [4.78, 5) is 10.8. The van der Waals surface area contributed by atoms with Gasteiger partial charge in [0.1, 0.15) is 0 Å². The topological polar surface area (TPSA) is 49.3 Å². The molecule has 2 unspecified atom stereocenters. The van der Waals surface area contributed by atoms with E-state index in [9.17, 15) is 4.79 Å². The zero-order chi connectivity index (χ0) is 11.7. The Hall–Kier alpha value is -0.580. The summed E-state index contributed by atoms with van der Waals surface area (Å²) in [6.45, 7) is 0.506. The first-order valence-corrected chi connectivity index (χ1v) is 6.16. The zero-order valence-corrected chi connectivity index (χ0v) is 10.8. The zero-order valence-electron chi connectivity index (χ0n) is 8.41. The Balaban J connectivity index is 2.17. The average molecular weight is 305 g/mol. The highest BCUT2D eigenvalue weighted by Gasteiger charge is 2.30. The van der Waals surface area contributed by atoms with Gasteiger partial charge in [0.15, 0.2) is 0 Å². The molecule has 1 heterocycles. The van der Waals surface area contributed by atoms with Gasteiger partial charge in [-0.1, -0.05) is 33.6 Å². The van der Waals surface area contributed by atoms with E-state index < -0.39 is 5.97 Å². The van der Waals surface area contributed by atoms with Crippen molar-refractivity contribution >= 4 is 33.5 Å². The number of carbonyl (C=O) groups is 1. The van der Waals surface area contributed by atoms with Crippen LogP contribution in [0.4, 0.5) is 0 Å². The first-order chi connectivity index (χ1) is 7.58. The molecule has 1 aromatic carbocycles. The number of aliphatic carboxylic acids is 1. The minimum Gasteiger partial charge on any atom is -0.481 e. The molecule has 0 amide bonds. The average Bonchev–Trinajstić information content (AvgIpc) is 2.66. The summed E-state index contributed by atoms with van der Waals surface area (Å²) in [7, 11) is 0. The highest BCUT2D eigenvalue weighted by molar-refractivity contribution is 9.10. The van der Waals surface area contributed by atoms with E-state index >= 15 is 0 Å². The van der Waals surface area contributed by atoms with Gasteiger partial charge in [0.2, 0.25) is 0 Å². The summed E-state index contributed by atoms with van der Waals surface area (Å²) < 4.78 is 0.925. The lowest BCUT2D eigenvalue weighted by Gasteiger charge is -2.12. The molecule has 2 N–H and O–H groups in total. The normalized spacial score (nSPS) is 24.6. The molecule has 0 aromatic heterocycles. The van der Waals surface area contributed by atoms with Crippen LogP contribution in [0.3, 0.4) is 0 Å². The van der Waals surface area contributed by atoms with E-state index in [1.165, 1.54) is 0 Å². The molecule has 0 saturated carbocycles. The fourth-order valence-electron chi connectivity index (χ4n) is 1.94. The first-order valence-electron chi connectivity index (χ1n) is 4.99. The van der Waals surface area contributed by atoms with Gasteiger partial charge in [-0.05, 0) is 24.1 Å². The lowest BCUT2D eigenvalue weighted by molar-refractivity contribution is -0.141. The summed E-state index contributed by atoms with van der Waals surface area (Å²) in [5, 5.41) is 12.8. The summed E-state index contributed by atoms with van der Waals surface area (Å²) in [5.74, 6) is -1.06. The van der Waals surface area contributed by atoms with Crippen molar-refractivity contribution in [3.05, 3.63) is 33.3 Å². The molecular weight excluding hydrogens is 293 g/mol. The number of hydrogen-bond donors (Lipinski definition) is 2. The number of hydrogen-bond acceptors (Lipinski definition) is 2. The SMILES string of the molecule is O=C(O)C1CNC(c2ccc(Br)cc2Cl)C1. The molecular formula is C11H11BrClNO2. The third-order valence-corrected chi connectivity index (χ3v) is 3.64. The minimum atomic E-state index is -0.747. The Kier molecular flexibility index (Phi) is 3.52. The molecule has 1 fully saturated rings. The van der Waals surface area contributed by atoms with Crippen molar-refractivity contribution in [2.24, 2.45) is 5.92 Å². The number of rotatable bonds is 2.